The topological polar surface area (TPSA) is 35.5 Å². The van der Waals surface area contributed by atoms with Gasteiger partial charge in [-0.2, -0.15) is 0 Å². The van der Waals surface area contributed by atoms with Gasteiger partial charge in [0.1, 0.15) is 11.5 Å². The molecule has 0 N–H and O–H groups in total. The molecular formula is C17H16O3. The number of hydrogen-bond acceptors (Lipinski definition) is 3. The molecular weight excluding hydrogens is 252 g/mol. The van der Waals surface area contributed by atoms with Gasteiger partial charge in [0, 0.05) is 23.6 Å². The molecule has 0 spiro atoms. The second-order valence-corrected chi connectivity index (χ2v) is 4.86. The lowest BCUT2D eigenvalue weighted by Gasteiger charge is -2.11. The van der Waals surface area contributed by atoms with Gasteiger partial charge in [0.25, 0.3) is 0 Å². The molecule has 1 aliphatic rings. The Morgan fingerprint density at radius 1 is 0.900 bits per heavy atom. The predicted molar refractivity (Wildman–Crippen MR) is 77.6 cm³/mol. The summed E-state index contributed by atoms with van der Waals surface area (Å²) in [5, 5.41) is 0. The van der Waals surface area contributed by atoms with Gasteiger partial charge in [0.15, 0.2) is 5.78 Å². The van der Waals surface area contributed by atoms with Crippen LogP contribution >= 0.6 is 0 Å². The van der Waals surface area contributed by atoms with E-state index in [-0.39, 0.29) is 5.78 Å². The first-order chi connectivity index (χ1) is 9.72. The maximum Gasteiger partial charge on any atom is 0.163 e. The summed E-state index contributed by atoms with van der Waals surface area (Å²) in [6, 6.07) is 11.8. The molecule has 2 aromatic carbocycles. The normalized spacial score (nSPS) is 13.2. The highest BCUT2D eigenvalue weighted by molar-refractivity contribution is 6.01. The lowest BCUT2D eigenvalue weighted by atomic mass is 9.99. The van der Waals surface area contributed by atoms with Crippen LogP contribution in [0.25, 0.3) is 11.1 Å². The summed E-state index contributed by atoms with van der Waals surface area (Å²) in [5.41, 5.74) is 4.07. The highest BCUT2D eigenvalue weighted by Crippen LogP contribution is 2.35. The summed E-state index contributed by atoms with van der Waals surface area (Å²) in [5.74, 6) is 1.78. The Bertz CT molecular complexity index is 674. The first kappa shape index (κ1) is 12.7. The van der Waals surface area contributed by atoms with Gasteiger partial charge in [0.05, 0.1) is 14.2 Å². The van der Waals surface area contributed by atoms with Gasteiger partial charge in [-0.15, -0.1) is 0 Å². The summed E-state index contributed by atoms with van der Waals surface area (Å²) in [6.07, 6.45) is 1.46. The van der Waals surface area contributed by atoms with Crippen LogP contribution in [0.3, 0.4) is 0 Å². The third kappa shape index (κ3) is 2.05. The number of Topliss-reactive ketones (excluding diaryl/α,β-unsaturated/α-hetero) is 1. The van der Waals surface area contributed by atoms with E-state index in [1.807, 2.05) is 30.3 Å². The predicted octanol–water partition coefficient (Wildman–Crippen LogP) is 3.50. The summed E-state index contributed by atoms with van der Waals surface area (Å²) in [4.78, 5) is 11.7. The first-order valence-corrected chi connectivity index (χ1v) is 6.61. The van der Waals surface area contributed by atoms with Crippen molar-refractivity contribution >= 4 is 5.78 Å². The smallest absolute Gasteiger partial charge is 0.163 e. The average Bonchev–Trinajstić information content (AvgIpc) is 2.87. The quantitative estimate of drug-likeness (QED) is 0.854. The van der Waals surface area contributed by atoms with Crippen molar-refractivity contribution in [2.45, 2.75) is 12.8 Å². The third-order valence-corrected chi connectivity index (χ3v) is 3.75. The number of ether oxygens (including phenoxy) is 2. The zero-order chi connectivity index (χ0) is 14.1. The fourth-order valence-corrected chi connectivity index (χ4v) is 2.66. The molecule has 0 saturated carbocycles. The molecule has 0 aromatic heterocycles. The van der Waals surface area contributed by atoms with Crippen molar-refractivity contribution in [1.82, 2.24) is 0 Å². The van der Waals surface area contributed by atoms with Crippen LogP contribution in [-0.2, 0) is 6.42 Å². The number of benzene rings is 2. The van der Waals surface area contributed by atoms with Crippen molar-refractivity contribution in [2.75, 3.05) is 14.2 Å². The van der Waals surface area contributed by atoms with Crippen molar-refractivity contribution in [3.8, 4) is 22.6 Å². The minimum absolute atomic E-state index is 0.244. The second-order valence-electron chi connectivity index (χ2n) is 4.86. The first-order valence-electron chi connectivity index (χ1n) is 6.61. The Morgan fingerprint density at radius 3 is 2.45 bits per heavy atom. The number of carbonyl (C=O) groups excluding carboxylic acids is 1. The number of fused-ring (bicyclic) bond motifs is 1. The van der Waals surface area contributed by atoms with E-state index in [9.17, 15) is 4.79 Å². The van der Waals surface area contributed by atoms with Crippen LogP contribution in [0.15, 0.2) is 36.4 Å². The molecule has 3 nitrogen and oxygen atoms in total. The highest BCUT2D eigenvalue weighted by atomic mass is 16.5. The SMILES string of the molecule is COc1ccc(-c2ccc3c(c2)CCC3=O)c(OC)c1. The summed E-state index contributed by atoms with van der Waals surface area (Å²) < 4.78 is 10.6. The van der Waals surface area contributed by atoms with Crippen molar-refractivity contribution < 1.29 is 14.3 Å². The van der Waals surface area contributed by atoms with Crippen LogP contribution in [0.2, 0.25) is 0 Å². The number of ketones is 1. The Labute approximate surface area is 118 Å². The molecule has 0 fully saturated rings. The van der Waals surface area contributed by atoms with E-state index in [4.69, 9.17) is 9.47 Å². The van der Waals surface area contributed by atoms with Crippen LogP contribution in [0.5, 0.6) is 11.5 Å². The molecule has 0 bridgehead atoms. The molecule has 0 radical (unpaired) electrons. The Morgan fingerprint density at radius 2 is 1.70 bits per heavy atom. The molecule has 0 aliphatic heterocycles. The summed E-state index contributed by atoms with van der Waals surface area (Å²) >= 11 is 0. The standard InChI is InChI=1S/C17H16O3/c1-19-13-5-7-15(17(10-13)20-2)12-3-6-14-11(9-12)4-8-16(14)18/h3,5-7,9-10H,4,8H2,1-2H3. The van der Waals surface area contributed by atoms with Gasteiger partial charge < -0.3 is 9.47 Å². The third-order valence-electron chi connectivity index (χ3n) is 3.75. The Hall–Kier alpha value is -2.29. The van der Waals surface area contributed by atoms with E-state index >= 15 is 0 Å². The molecule has 20 heavy (non-hydrogen) atoms. The van der Waals surface area contributed by atoms with Gasteiger partial charge in [0.2, 0.25) is 0 Å². The fourth-order valence-electron chi connectivity index (χ4n) is 2.66. The zero-order valence-corrected chi connectivity index (χ0v) is 11.6. The zero-order valence-electron chi connectivity index (χ0n) is 11.6. The number of carbonyl (C=O) groups is 1. The van der Waals surface area contributed by atoms with Crippen molar-refractivity contribution in [1.29, 1.82) is 0 Å². The number of methoxy groups -OCH3 is 2. The molecule has 0 saturated heterocycles. The minimum atomic E-state index is 0.244. The van der Waals surface area contributed by atoms with Crippen LogP contribution < -0.4 is 9.47 Å². The van der Waals surface area contributed by atoms with Gasteiger partial charge in [-0.05, 0) is 29.7 Å². The van der Waals surface area contributed by atoms with Gasteiger partial charge >= 0.3 is 0 Å². The molecule has 0 amide bonds. The lowest BCUT2D eigenvalue weighted by Crippen LogP contribution is -1.93. The Balaban J connectivity index is 2.07. The van der Waals surface area contributed by atoms with E-state index < -0.39 is 0 Å². The van der Waals surface area contributed by atoms with Crippen LogP contribution in [0.1, 0.15) is 22.3 Å². The minimum Gasteiger partial charge on any atom is -0.497 e. The monoisotopic (exact) mass is 268 g/mol. The van der Waals surface area contributed by atoms with Gasteiger partial charge in [-0.3, -0.25) is 4.79 Å². The van der Waals surface area contributed by atoms with E-state index in [1.54, 1.807) is 14.2 Å². The number of hydrogen-bond donors (Lipinski definition) is 0. The van der Waals surface area contributed by atoms with E-state index in [1.165, 1.54) is 0 Å². The highest BCUT2D eigenvalue weighted by Gasteiger charge is 2.20. The number of rotatable bonds is 3. The van der Waals surface area contributed by atoms with E-state index in [0.29, 0.717) is 6.42 Å². The largest absolute Gasteiger partial charge is 0.497 e. The van der Waals surface area contributed by atoms with Crippen molar-refractivity contribution in [2.24, 2.45) is 0 Å². The van der Waals surface area contributed by atoms with Crippen molar-refractivity contribution in [3.05, 3.63) is 47.5 Å². The van der Waals surface area contributed by atoms with E-state index in [2.05, 4.69) is 6.07 Å². The van der Waals surface area contributed by atoms with Crippen LogP contribution in [0, 0.1) is 0 Å². The molecule has 3 heteroatoms. The van der Waals surface area contributed by atoms with E-state index in [0.717, 1.165) is 40.2 Å². The molecule has 102 valence electrons. The second kappa shape index (κ2) is 5.00. The Kier molecular flexibility index (Phi) is 3.18. The molecule has 0 unspecified atom stereocenters. The molecule has 2 aromatic rings. The average molecular weight is 268 g/mol. The lowest BCUT2D eigenvalue weighted by molar-refractivity contribution is 0.0994. The molecule has 3 rings (SSSR count). The summed E-state index contributed by atoms with van der Waals surface area (Å²) in [6.45, 7) is 0. The summed E-state index contributed by atoms with van der Waals surface area (Å²) in [7, 11) is 3.28. The fraction of sp³-hybridized carbons (Fsp3) is 0.235. The van der Waals surface area contributed by atoms with Gasteiger partial charge in [-0.25, -0.2) is 0 Å². The number of aryl methyl sites for hydroxylation is 1. The van der Waals surface area contributed by atoms with Crippen LogP contribution in [0.4, 0.5) is 0 Å². The molecule has 1 aliphatic carbocycles. The van der Waals surface area contributed by atoms with Crippen molar-refractivity contribution in [3.63, 3.8) is 0 Å². The maximum atomic E-state index is 11.7. The maximum absolute atomic E-state index is 11.7. The van der Waals surface area contributed by atoms with Gasteiger partial charge in [-0.1, -0.05) is 18.2 Å². The molecule has 0 atom stereocenters. The van der Waals surface area contributed by atoms with Crippen LogP contribution in [-0.4, -0.2) is 20.0 Å². The molecule has 0 heterocycles.